The molecule has 3 heterocycles. The van der Waals surface area contributed by atoms with Crippen molar-refractivity contribution in [2.45, 2.75) is 12.5 Å². The van der Waals surface area contributed by atoms with E-state index in [9.17, 15) is 13.2 Å². The van der Waals surface area contributed by atoms with Crippen molar-refractivity contribution >= 4 is 20.7 Å². The highest BCUT2D eigenvalue weighted by Crippen LogP contribution is 2.28. The Morgan fingerprint density at radius 1 is 1.17 bits per heavy atom. The highest BCUT2D eigenvalue weighted by atomic mass is 32.2. The van der Waals surface area contributed by atoms with Crippen LogP contribution in [0.25, 0.3) is 22.5 Å². The second-order valence-electron chi connectivity index (χ2n) is 5.66. The molecule has 23 heavy (non-hydrogen) atoms. The van der Waals surface area contributed by atoms with Crippen LogP contribution >= 0.6 is 0 Å². The van der Waals surface area contributed by atoms with Gasteiger partial charge in [-0.05, 0) is 30.7 Å². The van der Waals surface area contributed by atoms with Crippen LogP contribution in [0.1, 0.15) is 12.5 Å². The number of sulfone groups is 1. The van der Waals surface area contributed by atoms with E-state index in [0.717, 1.165) is 0 Å². The van der Waals surface area contributed by atoms with Crippen molar-refractivity contribution < 1.29 is 12.8 Å². The first-order valence-corrected chi connectivity index (χ1v) is 9.13. The minimum Gasteiger partial charge on any atom is -0.461 e. The van der Waals surface area contributed by atoms with Gasteiger partial charge in [0.25, 0.3) is 5.56 Å². The van der Waals surface area contributed by atoms with Crippen molar-refractivity contribution in [1.29, 1.82) is 0 Å². The summed E-state index contributed by atoms with van der Waals surface area (Å²) in [6.45, 7) is 0. The third-order valence-corrected chi connectivity index (χ3v) is 5.87. The number of hydrogen-bond donors (Lipinski definition) is 0. The van der Waals surface area contributed by atoms with E-state index in [1.807, 2.05) is 6.07 Å². The van der Waals surface area contributed by atoms with Gasteiger partial charge in [0, 0.05) is 0 Å². The lowest BCUT2D eigenvalue weighted by molar-refractivity contribution is 0.517. The summed E-state index contributed by atoms with van der Waals surface area (Å²) in [5.74, 6) is 0.882. The average Bonchev–Trinajstić information content (AvgIpc) is 3.16. The number of fused-ring (bicyclic) bond motifs is 1. The summed E-state index contributed by atoms with van der Waals surface area (Å²) < 4.78 is 30.5. The molecule has 0 N–H and O–H groups in total. The summed E-state index contributed by atoms with van der Waals surface area (Å²) >= 11 is 0. The Morgan fingerprint density at radius 3 is 2.70 bits per heavy atom. The Hall–Kier alpha value is -2.41. The second-order valence-corrected chi connectivity index (χ2v) is 7.89. The molecule has 118 valence electrons. The molecule has 1 saturated heterocycles. The first-order chi connectivity index (χ1) is 11.1. The molecule has 1 aliphatic rings. The summed E-state index contributed by atoms with van der Waals surface area (Å²) in [4.78, 5) is 17.5. The molecule has 7 heteroatoms. The number of rotatable bonds is 2. The van der Waals surface area contributed by atoms with Gasteiger partial charge in [-0.2, -0.15) is 0 Å². The Kier molecular flexibility index (Phi) is 3.12. The van der Waals surface area contributed by atoms with Gasteiger partial charge in [-0.15, -0.1) is 0 Å². The molecular formula is C16H14N2O4S. The van der Waals surface area contributed by atoms with Gasteiger partial charge in [0.2, 0.25) is 0 Å². The van der Waals surface area contributed by atoms with Gasteiger partial charge in [0.1, 0.15) is 0 Å². The standard InChI is InChI=1S/C16H14N2O4S/c19-16-12-4-1-2-5-13(12)17-15(14-6-3-8-22-14)18(16)11-7-9-23(20,21)10-11/h1-6,8,11H,7,9-10H2/t11-/m0/s1. The molecule has 0 aliphatic carbocycles. The van der Waals surface area contributed by atoms with E-state index < -0.39 is 15.9 Å². The zero-order valence-corrected chi connectivity index (χ0v) is 13.0. The van der Waals surface area contributed by atoms with Crippen molar-refractivity contribution in [3.63, 3.8) is 0 Å². The molecule has 4 rings (SSSR count). The molecular weight excluding hydrogens is 316 g/mol. The Balaban J connectivity index is 2.02. The molecule has 1 atom stereocenters. The topological polar surface area (TPSA) is 82.2 Å². The number of hydrogen-bond acceptors (Lipinski definition) is 5. The molecule has 1 aliphatic heterocycles. The van der Waals surface area contributed by atoms with Crippen molar-refractivity contribution in [3.05, 3.63) is 53.0 Å². The smallest absolute Gasteiger partial charge is 0.262 e. The van der Waals surface area contributed by atoms with Gasteiger partial charge in [-0.25, -0.2) is 13.4 Å². The zero-order chi connectivity index (χ0) is 16.0. The predicted molar refractivity (Wildman–Crippen MR) is 86.0 cm³/mol. The maximum Gasteiger partial charge on any atom is 0.262 e. The van der Waals surface area contributed by atoms with Gasteiger partial charge in [0.15, 0.2) is 21.4 Å². The summed E-state index contributed by atoms with van der Waals surface area (Å²) in [6, 6.07) is 10.1. The predicted octanol–water partition coefficient (Wildman–Crippen LogP) is 2.02. The Labute approximate surface area is 132 Å². The largest absolute Gasteiger partial charge is 0.461 e. The lowest BCUT2D eigenvalue weighted by Crippen LogP contribution is -2.28. The van der Waals surface area contributed by atoms with Crippen LogP contribution in [0.4, 0.5) is 0 Å². The lowest BCUT2D eigenvalue weighted by Gasteiger charge is -2.17. The number of nitrogens with zero attached hydrogens (tertiary/aromatic N) is 2. The van der Waals surface area contributed by atoms with E-state index in [0.29, 0.717) is 28.9 Å². The fraction of sp³-hybridized carbons (Fsp3) is 0.250. The molecule has 2 aromatic heterocycles. The molecule has 0 radical (unpaired) electrons. The SMILES string of the molecule is O=c1c2ccccc2nc(-c2ccco2)n1[C@H]1CCS(=O)(=O)C1. The molecule has 1 aromatic carbocycles. The zero-order valence-electron chi connectivity index (χ0n) is 12.2. The van der Waals surface area contributed by atoms with Crippen molar-refractivity contribution in [1.82, 2.24) is 9.55 Å². The molecule has 6 nitrogen and oxygen atoms in total. The van der Waals surface area contributed by atoms with Crippen LogP contribution < -0.4 is 5.56 Å². The fourth-order valence-corrected chi connectivity index (χ4v) is 4.74. The highest BCUT2D eigenvalue weighted by Gasteiger charge is 2.32. The van der Waals surface area contributed by atoms with E-state index in [4.69, 9.17) is 4.42 Å². The first-order valence-electron chi connectivity index (χ1n) is 7.31. The van der Waals surface area contributed by atoms with E-state index in [2.05, 4.69) is 4.98 Å². The normalized spacial score (nSPS) is 20.1. The Morgan fingerprint density at radius 2 is 2.00 bits per heavy atom. The van der Waals surface area contributed by atoms with Gasteiger partial charge in [0.05, 0.1) is 34.7 Å². The lowest BCUT2D eigenvalue weighted by atomic mass is 10.2. The minimum atomic E-state index is -3.12. The number of benzene rings is 1. The second kappa shape index (κ2) is 5.06. The summed E-state index contributed by atoms with van der Waals surface area (Å²) in [5.41, 5.74) is 0.338. The summed E-state index contributed by atoms with van der Waals surface area (Å²) in [5, 5.41) is 0.479. The molecule has 0 unspecified atom stereocenters. The van der Waals surface area contributed by atoms with Crippen LogP contribution in [0.5, 0.6) is 0 Å². The van der Waals surface area contributed by atoms with E-state index in [-0.39, 0.29) is 17.1 Å². The monoisotopic (exact) mass is 330 g/mol. The molecule has 1 fully saturated rings. The molecule has 0 bridgehead atoms. The fourth-order valence-electron chi connectivity index (χ4n) is 3.04. The van der Waals surface area contributed by atoms with Crippen LogP contribution in [-0.2, 0) is 9.84 Å². The third kappa shape index (κ3) is 2.37. The van der Waals surface area contributed by atoms with E-state index in [1.54, 1.807) is 30.3 Å². The molecule has 0 spiro atoms. The van der Waals surface area contributed by atoms with Crippen molar-refractivity contribution in [2.24, 2.45) is 0 Å². The maximum absolute atomic E-state index is 12.9. The summed E-state index contributed by atoms with van der Waals surface area (Å²) in [6.07, 6.45) is 1.92. The van der Waals surface area contributed by atoms with Crippen LogP contribution in [0.2, 0.25) is 0 Å². The minimum absolute atomic E-state index is 0.0410. The van der Waals surface area contributed by atoms with Gasteiger partial charge >= 0.3 is 0 Å². The molecule has 0 saturated carbocycles. The first kappa shape index (κ1) is 14.2. The maximum atomic E-state index is 12.9. The van der Waals surface area contributed by atoms with E-state index >= 15 is 0 Å². The Bertz CT molecular complexity index is 1040. The quantitative estimate of drug-likeness (QED) is 0.718. The van der Waals surface area contributed by atoms with Crippen molar-refractivity contribution in [3.8, 4) is 11.6 Å². The molecule has 0 amide bonds. The van der Waals surface area contributed by atoms with Gasteiger partial charge in [-0.1, -0.05) is 12.1 Å². The average molecular weight is 330 g/mol. The van der Waals surface area contributed by atoms with Crippen LogP contribution in [0, 0.1) is 0 Å². The highest BCUT2D eigenvalue weighted by molar-refractivity contribution is 7.91. The molecule has 3 aromatic rings. The van der Waals surface area contributed by atoms with Crippen LogP contribution in [0.3, 0.4) is 0 Å². The van der Waals surface area contributed by atoms with E-state index in [1.165, 1.54) is 10.8 Å². The number of furan rings is 1. The van der Waals surface area contributed by atoms with Crippen LogP contribution in [-0.4, -0.2) is 29.5 Å². The summed E-state index contributed by atoms with van der Waals surface area (Å²) in [7, 11) is -3.12. The third-order valence-electron chi connectivity index (χ3n) is 4.12. The number of aromatic nitrogens is 2. The van der Waals surface area contributed by atoms with Crippen LogP contribution in [0.15, 0.2) is 51.9 Å². The number of para-hydroxylation sites is 1. The van der Waals surface area contributed by atoms with Crippen molar-refractivity contribution in [2.75, 3.05) is 11.5 Å². The van der Waals surface area contributed by atoms with Gasteiger partial charge < -0.3 is 4.42 Å². The van der Waals surface area contributed by atoms with Gasteiger partial charge in [-0.3, -0.25) is 9.36 Å².